The molecule has 0 spiro atoms. The maximum atomic E-state index is 12.1. The number of hydrogen-bond donors (Lipinski definition) is 0. The van der Waals surface area contributed by atoms with E-state index in [1.165, 1.54) is 6.07 Å². The van der Waals surface area contributed by atoms with Crippen molar-refractivity contribution in [2.45, 2.75) is 26.3 Å². The number of esters is 1. The zero-order chi connectivity index (χ0) is 17.0. The molecular formula is C16H23N3O4. The van der Waals surface area contributed by atoms with Gasteiger partial charge in [-0.3, -0.25) is 10.1 Å². The minimum Gasteiger partial charge on any atom is -0.462 e. The number of anilines is 1. The summed E-state index contributed by atoms with van der Waals surface area (Å²) >= 11 is 0. The number of nitro benzene ring substituents is 1. The summed E-state index contributed by atoms with van der Waals surface area (Å²) in [5.74, 6) is -0.650. The summed E-state index contributed by atoms with van der Waals surface area (Å²) in [6, 6.07) is 5.02. The Bertz CT molecular complexity index is 591. The summed E-state index contributed by atoms with van der Waals surface area (Å²) in [6.45, 7) is 6.67. The van der Waals surface area contributed by atoms with Gasteiger partial charge >= 0.3 is 5.97 Å². The van der Waals surface area contributed by atoms with Gasteiger partial charge in [0.1, 0.15) is 5.56 Å². The highest BCUT2D eigenvalue weighted by atomic mass is 16.6. The van der Waals surface area contributed by atoms with Crippen LogP contribution in [0.2, 0.25) is 0 Å². The monoisotopic (exact) mass is 321 g/mol. The second-order valence-corrected chi connectivity index (χ2v) is 5.70. The second-order valence-electron chi connectivity index (χ2n) is 5.70. The summed E-state index contributed by atoms with van der Waals surface area (Å²) in [4.78, 5) is 27.2. The van der Waals surface area contributed by atoms with Crippen molar-refractivity contribution >= 4 is 17.3 Å². The van der Waals surface area contributed by atoms with E-state index < -0.39 is 10.9 Å². The number of carbonyl (C=O) groups excluding carboxylic acids is 1. The number of nitro groups is 1. The lowest BCUT2D eigenvalue weighted by Gasteiger charge is -2.41. The summed E-state index contributed by atoms with van der Waals surface area (Å²) < 4.78 is 4.96. The molecule has 0 radical (unpaired) electrons. The molecule has 1 aromatic carbocycles. The van der Waals surface area contributed by atoms with Crippen LogP contribution in [0.25, 0.3) is 0 Å². The average molecular weight is 321 g/mol. The Labute approximate surface area is 136 Å². The van der Waals surface area contributed by atoms with Gasteiger partial charge in [0, 0.05) is 37.4 Å². The molecule has 0 aliphatic carbocycles. The van der Waals surface area contributed by atoms with Crippen molar-refractivity contribution in [3.8, 4) is 0 Å². The largest absolute Gasteiger partial charge is 0.462 e. The van der Waals surface area contributed by atoms with Crippen molar-refractivity contribution in [2.24, 2.45) is 0 Å². The Morgan fingerprint density at radius 3 is 2.74 bits per heavy atom. The highest BCUT2D eigenvalue weighted by molar-refractivity contribution is 5.95. The van der Waals surface area contributed by atoms with Crippen LogP contribution in [0.3, 0.4) is 0 Å². The number of benzene rings is 1. The molecule has 0 aromatic heterocycles. The molecule has 0 unspecified atom stereocenters. The predicted octanol–water partition coefficient (Wildman–Crippen LogP) is 2.30. The molecule has 1 fully saturated rings. The van der Waals surface area contributed by atoms with Crippen LogP contribution in [0.4, 0.5) is 11.4 Å². The summed E-state index contributed by atoms with van der Waals surface area (Å²) in [6.07, 6.45) is 0.968. The Balaban J connectivity index is 2.38. The lowest BCUT2D eigenvalue weighted by atomic mass is 10.1. The Morgan fingerprint density at radius 2 is 2.13 bits per heavy atom. The van der Waals surface area contributed by atoms with Crippen LogP contribution >= 0.6 is 0 Å². The van der Waals surface area contributed by atoms with Crippen molar-refractivity contribution in [2.75, 3.05) is 38.2 Å². The molecule has 0 bridgehead atoms. The van der Waals surface area contributed by atoms with Crippen LogP contribution in [0.1, 0.15) is 30.6 Å². The predicted molar refractivity (Wildman–Crippen MR) is 88.0 cm³/mol. The number of rotatable bonds is 5. The Hall–Kier alpha value is -2.15. The smallest absolute Gasteiger partial charge is 0.345 e. The van der Waals surface area contributed by atoms with Gasteiger partial charge in [0.25, 0.3) is 5.69 Å². The van der Waals surface area contributed by atoms with E-state index in [0.717, 1.165) is 31.7 Å². The molecule has 23 heavy (non-hydrogen) atoms. The third-order valence-corrected chi connectivity index (χ3v) is 4.16. The molecule has 1 heterocycles. The average Bonchev–Trinajstić information content (AvgIpc) is 2.54. The highest BCUT2D eigenvalue weighted by Gasteiger charge is 2.27. The van der Waals surface area contributed by atoms with Crippen molar-refractivity contribution in [1.29, 1.82) is 0 Å². The van der Waals surface area contributed by atoms with Crippen LogP contribution in [-0.4, -0.2) is 55.1 Å². The van der Waals surface area contributed by atoms with Gasteiger partial charge in [-0.05, 0) is 32.5 Å². The van der Waals surface area contributed by atoms with E-state index in [-0.39, 0.29) is 17.9 Å². The highest BCUT2D eigenvalue weighted by Crippen LogP contribution is 2.28. The van der Waals surface area contributed by atoms with Gasteiger partial charge in [-0.2, -0.15) is 0 Å². The number of ether oxygens (including phenoxy) is 1. The first-order valence-corrected chi connectivity index (χ1v) is 7.88. The van der Waals surface area contributed by atoms with Gasteiger partial charge in [-0.15, -0.1) is 0 Å². The van der Waals surface area contributed by atoms with E-state index in [1.807, 2.05) is 0 Å². The zero-order valence-electron chi connectivity index (χ0n) is 13.8. The Morgan fingerprint density at radius 1 is 1.39 bits per heavy atom. The third-order valence-electron chi connectivity index (χ3n) is 4.16. The zero-order valence-corrected chi connectivity index (χ0v) is 13.8. The maximum absolute atomic E-state index is 12.1. The van der Waals surface area contributed by atoms with Gasteiger partial charge in [0.05, 0.1) is 11.5 Å². The van der Waals surface area contributed by atoms with Crippen molar-refractivity contribution < 1.29 is 14.5 Å². The molecule has 0 saturated carbocycles. The first-order chi connectivity index (χ1) is 11.0. The molecule has 7 nitrogen and oxygen atoms in total. The van der Waals surface area contributed by atoms with Crippen LogP contribution in [-0.2, 0) is 4.74 Å². The molecule has 1 saturated heterocycles. The van der Waals surface area contributed by atoms with Gasteiger partial charge in [-0.25, -0.2) is 4.79 Å². The molecule has 126 valence electrons. The SMILES string of the molecule is CCOC(=O)c1cc(N2CCN(C)C[C@@H]2CC)ccc1[N+](=O)[O-]. The number of piperazine rings is 1. The number of hydrogen-bond acceptors (Lipinski definition) is 6. The topological polar surface area (TPSA) is 75.9 Å². The fourth-order valence-electron chi connectivity index (χ4n) is 2.93. The number of carbonyl (C=O) groups is 1. The lowest BCUT2D eigenvalue weighted by molar-refractivity contribution is -0.385. The molecule has 2 rings (SSSR count). The Kier molecular flexibility index (Phi) is 5.54. The summed E-state index contributed by atoms with van der Waals surface area (Å²) in [7, 11) is 2.08. The number of nitrogens with zero attached hydrogens (tertiary/aromatic N) is 3. The van der Waals surface area contributed by atoms with Gasteiger partial charge in [0.2, 0.25) is 0 Å². The first kappa shape index (κ1) is 17.2. The molecule has 1 aromatic rings. The van der Waals surface area contributed by atoms with Crippen LogP contribution in [0, 0.1) is 10.1 Å². The fraction of sp³-hybridized carbons (Fsp3) is 0.562. The first-order valence-electron chi connectivity index (χ1n) is 7.88. The summed E-state index contributed by atoms with van der Waals surface area (Å²) in [5.41, 5.74) is 0.635. The van der Waals surface area contributed by atoms with Crippen LogP contribution in [0.15, 0.2) is 18.2 Å². The van der Waals surface area contributed by atoms with E-state index in [1.54, 1.807) is 19.1 Å². The maximum Gasteiger partial charge on any atom is 0.345 e. The molecule has 0 amide bonds. The minimum atomic E-state index is -0.650. The van der Waals surface area contributed by atoms with Crippen molar-refractivity contribution in [1.82, 2.24) is 4.90 Å². The fourth-order valence-corrected chi connectivity index (χ4v) is 2.93. The van der Waals surface area contributed by atoms with E-state index in [4.69, 9.17) is 4.74 Å². The van der Waals surface area contributed by atoms with Crippen molar-refractivity contribution in [3.63, 3.8) is 0 Å². The molecule has 1 atom stereocenters. The molecule has 1 aliphatic heterocycles. The third kappa shape index (κ3) is 3.79. The van der Waals surface area contributed by atoms with Crippen LogP contribution in [0.5, 0.6) is 0 Å². The lowest BCUT2D eigenvalue weighted by Crippen LogP contribution is -2.51. The standard InChI is InChI=1S/C16H23N3O4/c1-4-12-11-17(3)8-9-18(12)13-6-7-15(19(21)22)14(10-13)16(20)23-5-2/h6-7,10,12H,4-5,8-9,11H2,1-3H3/t12-/m0/s1. The van der Waals surface area contributed by atoms with E-state index in [0.29, 0.717) is 6.04 Å². The molecular weight excluding hydrogens is 298 g/mol. The normalized spacial score (nSPS) is 18.7. The van der Waals surface area contributed by atoms with Crippen LogP contribution < -0.4 is 4.90 Å². The minimum absolute atomic E-state index is 0.0168. The van der Waals surface area contributed by atoms with Gasteiger partial charge in [-0.1, -0.05) is 6.92 Å². The molecule has 1 aliphatic rings. The van der Waals surface area contributed by atoms with Crippen molar-refractivity contribution in [3.05, 3.63) is 33.9 Å². The molecule has 0 N–H and O–H groups in total. The quantitative estimate of drug-likeness (QED) is 0.470. The van der Waals surface area contributed by atoms with E-state index >= 15 is 0 Å². The van der Waals surface area contributed by atoms with Gasteiger partial charge in [0.15, 0.2) is 0 Å². The number of likely N-dealkylation sites (N-methyl/N-ethyl adjacent to an activating group) is 1. The molecule has 7 heteroatoms. The van der Waals surface area contributed by atoms with Gasteiger partial charge < -0.3 is 14.5 Å². The van der Waals surface area contributed by atoms with E-state index in [2.05, 4.69) is 23.8 Å². The summed E-state index contributed by atoms with van der Waals surface area (Å²) in [5, 5.41) is 11.2. The van der Waals surface area contributed by atoms with E-state index in [9.17, 15) is 14.9 Å². The second kappa shape index (κ2) is 7.41.